The monoisotopic (exact) mass is 666 g/mol. The Hall–Kier alpha value is -2.42. The Balaban J connectivity index is 5.92. The zero-order valence-electron chi connectivity index (χ0n) is 17.9. The minimum Gasteiger partial charge on any atom is -0.468 e. The van der Waals surface area contributed by atoms with E-state index in [0.717, 1.165) is 28.4 Å². The van der Waals surface area contributed by atoms with Gasteiger partial charge in [-0.3, -0.25) is 19.2 Å². The lowest BCUT2D eigenvalue weighted by Gasteiger charge is -2.23. The van der Waals surface area contributed by atoms with E-state index in [9.17, 15) is 19.2 Å². The summed E-state index contributed by atoms with van der Waals surface area (Å²) in [4.78, 5) is 49.2. The van der Waals surface area contributed by atoms with Crippen molar-refractivity contribution in [1.29, 1.82) is 0 Å². The molecule has 32 heavy (non-hydrogen) atoms. The van der Waals surface area contributed by atoms with Crippen LogP contribution in [0.5, 0.6) is 0 Å². The second-order valence-corrected chi connectivity index (χ2v) is 7.06. The molecule has 0 aromatic heterocycles. The van der Waals surface area contributed by atoms with E-state index in [1.807, 2.05) is 0 Å². The first kappa shape index (κ1) is 29.6. The molecule has 0 bridgehead atoms. The SMILES string of the molecule is COC(=O)C(CC#CI)(CC#CC#CCC(CC#CI)(C(=O)OC)C(=O)OC)C(=O)OC. The van der Waals surface area contributed by atoms with Crippen LogP contribution < -0.4 is 0 Å². The van der Waals surface area contributed by atoms with Crippen LogP contribution in [0.4, 0.5) is 0 Å². The molecule has 10 heteroatoms. The van der Waals surface area contributed by atoms with Gasteiger partial charge in [-0.2, -0.15) is 0 Å². The summed E-state index contributed by atoms with van der Waals surface area (Å²) in [7, 11) is 4.57. The molecule has 0 aromatic rings. The number of halogens is 2. The van der Waals surface area contributed by atoms with Crippen molar-refractivity contribution in [2.24, 2.45) is 10.8 Å². The molecule has 0 fully saturated rings. The van der Waals surface area contributed by atoms with Crippen LogP contribution in [0.15, 0.2) is 0 Å². The number of carbonyl (C=O) groups excluding carboxylic acids is 4. The third-order valence-corrected chi connectivity index (χ3v) is 5.00. The van der Waals surface area contributed by atoms with Crippen molar-refractivity contribution < 1.29 is 38.1 Å². The molecule has 0 aliphatic heterocycles. The van der Waals surface area contributed by atoms with Gasteiger partial charge in [0.25, 0.3) is 0 Å². The Morgan fingerprint density at radius 2 is 0.812 bits per heavy atom. The normalized spacial score (nSPS) is 9.56. The fourth-order valence-corrected chi connectivity index (χ4v) is 2.88. The Labute approximate surface area is 214 Å². The summed E-state index contributed by atoms with van der Waals surface area (Å²) in [5, 5.41) is 0. The van der Waals surface area contributed by atoms with Crippen LogP contribution in [-0.2, 0) is 38.1 Å². The fourth-order valence-electron chi connectivity index (χ4n) is 2.50. The zero-order valence-corrected chi connectivity index (χ0v) is 22.2. The molecule has 0 aliphatic carbocycles. The lowest BCUT2D eigenvalue weighted by molar-refractivity contribution is -0.170. The molecule has 0 saturated carbocycles. The molecule has 8 nitrogen and oxygen atoms in total. The van der Waals surface area contributed by atoms with Gasteiger partial charge >= 0.3 is 23.9 Å². The Morgan fingerprint density at radius 1 is 0.562 bits per heavy atom. The standard InChI is InChI=1S/C22H20I2O8/c1-29-17(25)21(13-9-15-23,18(26)30-2)11-7-5-6-8-12-22(14-10-16-24,19(27)31-3)20(28)32-4/h11-14H2,1-4H3. The number of carbonyl (C=O) groups is 4. The smallest absolute Gasteiger partial charge is 0.325 e. The van der Waals surface area contributed by atoms with Gasteiger partial charge in [0.1, 0.15) is 0 Å². The minimum atomic E-state index is -1.73. The van der Waals surface area contributed by atoms with Gasteiger partial charge in [-0.1, -0.05) is 23.7 Å². The maximum Gasteiger partial charge on any atom is 0.325 e. The summed E-state index contributed by atoms with van der Waals surface area (Å²) >= 11 is 3.56. The van der Waals surface area contributed by atoms with Gasteiger partial charge in [-0.15, -0.1) is 0 Å². The first-order valence-corrected chi connectivity index (χ1v) is 10.9. The topological polar surface area (TPSA) is 105 Å². The minimum absolute atomic E-state index is 0.153. The molecule has 0 spiro atoms. The van der Waals surface area contributed by atoms with Gasteiger partial charge in [-0.25, -0.2) is 0 Å². The largest absolute Gasteiger partial charge is 0.468 e. The van der Waals surface area contributed by atoms with Gasteiger partial charge in [0, 0.05) is 70.9 Å². The van der Waals surface area contributed by atoms with Gasteiger partial charge in [-0.05, 0) is 19.7 Å². The predicted molar refractivity (Wildman–Crippen MR) is 131 cm³/mol. The highest BCUT2D eigenvalue weighted by Crippen LogP contribution is 2.31. The highest BCUT2D eigenvalue weighted by molar-refractivity contribution is 14.1. The van der Waals surface area contributed by atoms with E-state index in [4.69, 9.17) is 18.9 Å². The Morgan fingerprint density at radius 3 is 1.03 bits per heavy atom. The van der Waals surface area contributed by atoms with Crippen molar-refractivity contribution >= 4 is 69.1 Å². The highest BCUT2D eigenvalue weighted by Gasteiger charge is 2.48. The first-order valence-electron chi connectivity index (χ1n) is 8.72. The summed E-state index contributed by atoms with van der Waals surface area (Å²) in [6.45, 7) is 0. The molecule has 0 unspecified atom stereocenters. The van der Waals surface area contributed by atoms with Crippen molar-refractivity contribution in [1.82, 2.24) is 0 Å². The number of esters is 4. The van der Waals surface area contributed by atoms with E-state index in [0.29, 0.717) is 0 Å². The van der Waals surface area contributed by atoms with Crippen molar-refractivity contribution in [3.05, 3.63) is 0 Å². The van der Waals surface area contributed by atoms with Crippen LogP contribution in [0.3, 0.4) is 0 Å². The number of methoxy groups -OCH3 is 4. The molecule has 0 radical (unpaired) electrons. The number of hydrogen-bond acceptors (Lipinski definition) is 8. The lowest BCUT2D eigenvalue weighted by atomic mass is 9.81. The molecule has 0 heterocycles. The van der Waals surface area contributed by atoms with Crippen molar-refractivity contribution in [2.45, 2.75) is 25.7 Å². The second kappa shape index (κ2) is 15.4. The lowest BCUT2D eigenvalue weighted by Crippen LogP contribution is -2.41. The average molecular weight is 666 g/mol. The van der Waals surface area contributed by atoms with Crippen LogP contribution in [0, 0.1) is 54.2 Å². The molecule has 0 N–H and O–H groups in total. The molecule has 0 aromatic carbocycles. The molecule has 0 atom stereocenters. The van der Waals surface area contributed by atoms with E-state index < -0.39 is 34.7 Å². The molecular weight excluding hydrogens is 646 g/mol. The third-order valence-electron chi connectivity index (χ3n) is 4.24. The summed E-state index contributed by atoms with van der Waals surface area (Å²) in [5.41, 5.74) is -3.46. The van der Waals surface area contributed by atoms with Crippen molar-refractivity contribution in [2.75, 3.05) is 28.4 Å². The quantitative estimate of drug-likeness (QED) is 0.128. The summed E-state index contributed by atoms with van der Waals surface area (Å²) in [5.74, 6) is 12.2. The summed E-state index contributed by atoms with van der Waals surface area (Å²) in [6.07, 6.45) is -0.822. The van der Waals surface area contributed by atoms with Crippen molar-refractivity contribution in [3.8, 4) is 43.4 Å². The van der Waals surface area contributed by atoms with Crippen LogP contribution in [0.2, 0.25) is 0 Å². The average Bonchev–Trinajstić information content (AvgIpc) is 2.83. The number of hydrogen-bond donors (Lipinski definition) is 0. The van der Waals surface area contributed by atoms with E-state index in [-0.39, 0.29) is 25.7 Å². The molecule has 0 aliphatic rings. The maximum absolute atomic E-state index is 12.3. The Kier molecular flexibility index (Phi) is 14.2. The van der Waals surface area contributed by atoms with Gasteiger partial charge in [0.05, 0.1) is 28.4 Å². The second-order valence-electron chi connectivity index (χ2n) is 5.98. The molecule has 0 saturated heterocycles. The number of ether oxygens (including phenoxy) is 4. The van der Waals surface area contributed by atoms with Gasteiger partial charge in [0.2, 0.25) is 0 Å². The van der Waals surface area contributed by atoms with Crippen LogP contribution >= 0.6 is 45.2 Å². The first-order chi connectivity index (χ1) is 15.3. The molecule has 0 amide bonds. The van der Waals surface area contributed by atoms with E-state index in [1.165, 1.54) is 0 Å². The summed E-state index contributed by atoms with van der Waals surface area (Å²) < 4.78 is 24.1. The van der Waals surface area contributed by atoms with Crippen LogP contribution in [0.25, 0.3) is 0 Å². The Bertz CT molecular complexity index is 858. The number of rotatable bonds is 8. The van der Waals surface area contributed by atoms with Crippen LogP contribution in [-0.4, -0.2) is 52.3 Å². The fraction of sp³-hybridized carbons (Fsp3) is 0.455. The molecular formula is C22H20I2O8. The van der Waals surface area contributed by atoms with Crippen LogP contribution in [0.1, 0.15) is 25.7 Å². The maximum atomic E-state index is 12.3. The molecule has 0 rings (SSSR count). The summed E-state index contributed by atoms with van der Waals surface area (Å²) in [6, 6.07) is 0. The van der Waals surface area contributed by atoms with Crippen molar-refractivity contribution in [3.63, 3.8) is 0 Å². The highest BCUT2D eigenvalue weighted by atomic mass is 127. The van der Waals surface area contributed by atoms with E-state index >= 15 is 0 Å². The van der Waals surface area contributed by atoms with Gasteiger partial charge in [0.15, 0.2) is 10.8 Å². The third kappa shape index (κ3) is 7.62. The van der Waals surface area contributed by atoms with E-state index in [2.05, 4.69) is 43.4 Å². The van der Waals surface area contributed by atoms with E-state index in [1.54, 1.807) is 45.2 Å². The zero-order chi connectivity index (χ0) is 24.6. The molecule has 170 valence electrons. The van der Waals surface area contributed by atoms with Gasteiger partial charge < -0.3 is 18.9 Å². The predicted octanol–water partition coefficient (Wildman–Crippen LogP) is 2.01.